The predicted molar refractivity (Wildman–Crippen MR) is 71.8 cm³/mol. The number of hydrogen-bond donors (Lipinski definition) is 2. The minimum Gasteiger partial charge on any atom is -0.480 e. The summed E-state index contributed by atoms with van der Waals surface area (Å²) < 4.78 is 2.85. The lowest BCUT2D eigenvalue weighted by atomic mass is 9.98. The molecular weight excluding hydrogens is 333 g/mol. The molecule has 0 amide bonds. The highest BCUT2D eigenvalue weighted by Crippen LogP contribution is 2.24. The average molecular weight is 349 g/mol. The Labute approximate surface area is 114 Å². The lowest BCUT2D eigenvalue weighted by molar-refractivity contribution is -0.144. The summed E-state index contributed by atoms with van der Waals surface area (Å²) in [5, 5.41) is 16.7. The number of nitrogens with one attached hydrogen (secondary N) is 1. The first-order valence-corrected chi connectivity index (χ1v) is 6.76. The molecule has 1 heterocycles. The molecule has 1 aromatic rings. The van der Waals surface area contributed by atoms with Crippen LogP contribution < -0.4 is 5.32 Å². The van der Waals surface area contributed by atoms with Gasteiger partial charge in [0, 0.05) is 18.8 Å². The molecule has 1 atom stereocenters. The molecule has 17 heavy (non-hydrogen) atoms. The van der Waals surface area contributed by atoms with Crippen LogP contribution in [0.1, 0.15) is 26.2 Å². The van der Waals surface area contributed by atoms with Gasteiger partial charge in [-0.1, -0.05) is 0 Å². The van der Waals surface area contributed by atoms with Crippen molar-refractivity contribution >= 4 is 28.6 Å². The number of carbonyl (C=O) groups is 1. The van der Waals surface area contributed by atoms with Crippen molar-refractivity contribution in [2.24, 2.45) is 0 Å². The van der Waals surface area contributed by atoms with Crippen molar-refractivity contribution in [3.8, 4) is 0 Å². The topological polar surface area (TPSA) is 67.2 Å². The Morgan fingerprint density at radius 3 is 2.94 bits per heavy atom. The Kier molecular flexibility index (Phi) is 3.72. The molecule has 0 aliphatic heterocycles. The van der Waals surface area contributed by atoms with Crippen molar-refractivity contribution in [1.29, 1.82) is 0 Å². The molecule has 1 aromatic heterocycles. The van der Waals surface area contributed by atoms with E-state index in [-0.39, 0.29) is 0 Å². The first-order chi connectivity index (χ1) is 7.99. The maximum Gasteiger partial charge on any atom is 0.323 e. The maximum atomic E-state index is 11.3. The Balaban J connectivity index is 1.95. The van der Waals surface area contributed by atoms with E-state index in [1.165, 1.54) is 0 Å². The molecule has 0 bridgehead atoms. The van der Waals surface area contributed by atoms with Gasteiger partial charge in [0.25, 0.3) is 0 Å². The van der Waals surface area contributed by atoms with Gasteiger partial charge in [0.2, 0.25) is 0 Å². The summed E-state index contributed by atoms with van der Waals surface area (Å²) in [4.78, 5) is 11.3. The van der Waals surface area contributed by atoms with E-state index in [9.17, 15) is 9.90 Å². The number of carboxylic acid groups (broad SMARTS) is 1. The van der Waals surface area contributed by atoms with Crippen LogP contribution in [-0.2, 0) is 11.3 Å². The Hall–Kier alpha value is -0.630. The van der Waals surface area contributed by atoms with E-state index < -0.39 is 11.5 Å². The van der Waals surface area contributed by atoms with Crippen LogP contribution >= 0.6 is 22.6 Å². The van der Waals surface area contributed by atoms with Gasteiger partial charge in [0.1, 0.15) is 5.54 Å². The average Bonchev–Trinajstić information content (AvgIpc) is 2.96. The number of nitrogens with zero attached hydrogens (tertiary/aromatic N) is 2. The fourth-order valence-corrected chi connectivity index (χ4v) is 2.16. The monoisotopic (exact) mass is 349 g/mol. The van der Waals surface area contributed by atoms with E-state index >= 15 is 0 Å². The van der Waals surface area contributed by atoms with Crippen LogP contribution in [0.25, 0.3) is 0 Å². The van der Waals surface area contributed by atoms with Crippen LogP contribution in [-0.4, -0.2) is 32.4 Å². The molecule has 1 saturated carbocycles. The zero-order valence-corrected chi connectivity index (χ0v) is 11.8. The summed E-state index contributed by atoms with van der Waals surface area (Å²) in [6, 6.07) is 0.383. The Morgan fingerprint density at radius 2 is 2.47 bits per heavy atom. The first-order valence-electron chi connectivity index (χ1n) is 5.69. The number of aryl methyl sites for hydroxylation is 1. The third-order valence-corrected chi connectivity index (χ3v) is 3.57. The number of aliphatic carboxylic acids is 1. The zero-order chi connectivity index (χ0) is 12.5. The molecule has 0 saturated heterocycles. The molecule has 0 spiro atoms. The minimum absolute atomic E-state index is 0.383. The second-order valence-corrected chi connectivity index (χ2v) is 5.97. The molecule has 1 unspecified atom stereocenters. The summed E-state index contributed by atoms with van der Waals surface area (Å²) in [6.45, 7) is 2.37. The van der Waals surface area contributed by atoms with Gasteiger partial charge < -0.3 is 5.11 Å². The standard InChI is InChI=1S/C11H16IN3O2/c1-11(10(16)17,14-9-2-3-9)4-5-15-7-8(12)6-13-15/h6-7,9,14H,2-5H2,1H3,(H,16,17). The fourth-order valence-electron chi connectivity index (χ4n) is 1.72. The largest absolute Gasteiger partial charge is 0.480 e. The second-order valence-electron chi connectivity index (χ2n) is 4.73. The summed E-state index contributed by atoms with van der Waals surface area (Å²) in [6.07, 6.45) is 6.40. The lowest BCUT2D eigenvalue weighted by Gasteiger charge is -2.26. The molecule has 2 rings (SSSR count). The lowest BCUT2D eigenvalue weighted by Crippen LogP contribution is -2.51. The van der Waals surface area contributed by atoms with Crippen LogP contribution in [0.2, 0.25) is 0 Å². The minimum atomic E-state index is -0.849. The molecule has 5 nitrogen and oxygen atoms in total. The number of rotatable bonds is 6. The highest BCUT2D eigenvalue weighted by molar-refractivity contribution is 14.1. The molecule has 94 valence electrons. The molecule has 1 aliphatic rings. The van der Waals surface area contributed by atoms with E-state index in [0.717, 1.165) is 16.4 Å². The Bertz CT molecular complexity index is 417. The van der Waals surface area contributed by atoms with E-state index in [2.05, 4.69) is 33.0 Å². The number of aromatic nitrogens is 2. The van der Waals surface area contributed by atoms with E-state index in [0.29, 0.717) is 19.0 Å². The Morgan fingerprint density at radius 1 is 1.76 bits per heavy atom. The van der Waals surface area contributed by atoms with Crippen LogP contribution in [0.15, 0.2) is 12.4 Å². The summed E-state index contributed by atoms with van der Waals surface area (Å²) in [5.74, 6) is -0.786. The quantitative estimate of drug-likeness (QED) is 0.764. The fraction of sp³-hybridized carbons (Fsp3) is 0.636. The van der Waals surface area contributed by atoms with Crippen LogP contribution in [0, 0.1) is 3.57 Å². The molecule has 2 N–H and O–H groups in total. The van der Waals surface area contributed by atoms with Crippen molar-refractivity contribution in [1.82, 2.24) is 15.1 Å². The van der Waals surface area contributed by atoms with Gasteiger partial charge in [0.15, 0.2) is 0 Å². The molecule has 0 radical (unpaired) electrons. The van der Waals surface area contributed by atoms with Crippen LogP contribution in [0.3, 0.4) is 0 Å². The molecule has 6 heteroatoms. The van der Waals surface area contributed by atoms with Gasteiger partial charge in [-0.15, -0.1) is 0 Å². The highest BCUT2D eigenvalue weighted by Gasteiger charge is 2.38. The van der Waals surface area contributed by atoms with Crippen LogP contribution in [0.4, 0.5) is 0 Å². The van der Waals surface area contributed by atoms with Gasteiger partial charge in [0.05, 0.1) is 9.77 Å². The predicted octanol–water partition coefficient (Wildman–Crippen LogP) is 1.47. The van der Waals surface area contributed by atoms with Crippen molar-refractivity contribution in [3.63, 3.8) is 0 Å². The van der Waals surface area contributed by atoms with Crippen LogP contribution in [0.5, 0.6) is 0 Å². The van der Waals surface area contributed by atoms with Gasteiger partial charge >= 0.3 is 5.97 Å². The SMILES string of the molecule is CC(CCn1cc(I)cn1)(NC1CC1)C(=O)O. The number of hydrogen-bond acceptors (Lipinski definition) is 3. The normalized spacial score (nSPS) is 18.9. The third-order valence-electron chi connectivity index (χ3n) is 3.01. The van der Waals surface area contributed by atoms with E-state index in [1.54, 1.807) is 17.8 Å². The summed E-state index contributed by atoms with van der Waals surface area (Å²) >= 11 is 2.19. The zero-order valence-electron chi connectivity index (χ0n) is 9.69. The van der Waals surface area contributed by atoms with Gasteiger partial charge in [-0.05, 0) is 48.8 Å². The molecule has 0 aromatic carbocycles. The molecule has 1 fully saturated rings. The third kappa shape index (κ3) is 3.41. The van der Waals surface area contributed by atoms with Crippen molar-refractivity contribution in [2.75, 3.05) is 0 Å². The van der Waals surface area contributed by atoms with E-state index in [1.807, 2.05) is 6.20 Å². The van der Waals surface area contributed by atoms with Crippen molar-refractivity contribution in [3.05, 3.63) is 16.0 Å². The first kappa shape index (κ1) is 12.8. The smallest absolute Gasteiger partial charge is 0.323 e. The van der Waals surface area contributed by atoms with Gasteiger partial charge in [-0.25, -0.2) is 0 Å². The molecular formula is C11H16IN3O2. The number of carboxylic acids is 1. The van der Waals surface area contributed by atoms with E-state index in [4.69, 9.17) is 0 Å². The number of halogens is 1. The highest BCUT2D eigenvalue weighted by atomic mass is 127. The molecule has 1 aliphatic carbocycles. The summed E-state index contributed by atoms with van der Waals surface area (Å²) in [7, 11) is 0. The maximum absolute atomic E-state index is 11.3. The van der Waals surface area contributed by atoms with Crippen molar-refractivity contribution in [2.45, 2.75) is 44.3 Å². The van der Waals surface area contributed by atoms with Gasteiger partial charge in [-0.3, -0.25) is 14.8 Å². The van der Waals surface area contributed by atoms with Crippen molar-refractivity contribution < 1.29 is 9.90 Å². The second kappa shape index (κ2) is 4.93. The van der Waals surface area contributed by atoms with Gasteiger partial charge in [-0.2, -0.15) is 5.10 Å². The summed E-state index contributed by atoms with van der Waals surface area (Å²) in [5.41, 5.74) is -0.849.